The van der Waals surface area contributed by atoms with Crippen molar-refractivity contribution in [3.05, 3.63) is 300 Å². The van der Waals surface area contributed by atoms with E-state index in [4.69, 9.17) is 69.6 Å². The molecular weight excluding hydrogens is 1520 g/mol. The standard InChI is InChI=1S/C21H17ClF3N3O.C21H22ClN5O.C19H13ClF3N3O.C17H10Cl3N3O/c1-3-13-8-9-26-18(10-13)16-11-14(4-6-17(16)22)28-20(29)15-5-7-19(21(23,24)25)27-12(15)2;1-27(2)12-11-24-20-9-6-15(14-25-20)21(28)26-16-7-8-18(22)17(13-16)19-5-3-4-10-23-19;1-11-13(6-8-17(25-11)19(21,22)23)18(27)26-12-5-7-15(20)14(10-12)16-4-2-3-9-24-16;18-13-5-4-11(8-12(13)15-3-1-2-6-21-15)23-17(24)10-7-14(19)16(20)22-9-10/h4-11H,3H2,1-2H3,(H,28,29);3-10,13-14H,11-12H2,1-2H3,(H,24,25)(H,26,28);2-10H,1H3,(H,26,27);1-9H,(H,23,24). The summed E-state index contributed by atoms with van der Waals surface area (Å²) >= 11 is 36.7. The number of hydrogen-bond donors (Lipinski definition) is 5. The quantitative estimate of drug-likeness (QED) is 0.0421. The number of hydrogen-bond acceptors (Lipinski definition) is 14. The lowest BCUT2D eigenvalue weighted by Gasteiger charge is -2.12. The first kappa shape index (κ1) is 81.1. The number of aryl methyl sites for hydroxylation is 3. The smallest absolute Gasteiger partial charge is 0.369 e. The van der Waals surface area contributed by atoms with Crippen molar-refractivity contribution in [2.24, 2.45) is 0 Å². The first-order valence-electron chi connectivity index (χ1n) is 32.4. The molecule has 12 rings (SSSR count). The molecule has 0 spiro atoms. The van der Waals surface area contributed by atoms with Crippen LogP contribution in [0.15, 0.2) is 219 Å². The molecule has 5 N–H and O–H groups in total. The molecule has 0 saturated heterocycles. The lowest BCUT2D eigenvalue weighted by Crippen LogP contribution is -2.21. The number of halogens is 12. The fourth-order valence-electron chi connectivity index (χ4n) is 9.91. The van der Waals surface area contributed by atoms with Gasteiger partial charge in [-0.15, -0.1) is 0 Å². The van der Waals surface area contributed by atoms with E-state index in [1.54, 1.807) is 128 Å². The first-order valence-corrected chi connectivity index (χ1v) is 34.7. The second-order valence-corrected chi connectivity index (χ2v) is 25.9. The highest BCUT2D eigenvalue weighted by molar-refractivity contribution is 6.41. The number of carbonyl (C=O) groups excluding carboxylic acids is 4. The van der Waals surface area contributed by atoms with Crippen molar-refractivity contribution in [1.29, 1.82) is 0 Å². The Bertz CT molecular complexity index is 5180. The number of benzene rings is 4. The Morgan fingerprint density at radius 3 is 1.17 bits per heavy atom. The van der Waals surface area contributed by atoms with Crippen LogP contribution in [0.5, 0.6) is 0 Å². The molecule has 0 atom stereocenters. The van der Waals surface area contributed by atoms with Gasteiger partial charge in [0.25, 0.3) is 23.6 Å². The predicted molar refractivity (Wildman–Crippen MR) is 413 cm³/mol. The summed E-state index contributed by atoms with van der Waals surface area (Å²) in [5, 5.41) is 16.6. The predicted octanol–water partition coefficient (Wildman–Crippen LogP) is 20.7. The van der Waals surface area contributed by atoms with Gasteiger partial charge in [-0.25, -0.2) is 19.9 Å². The number of rotatable bonds is 17. The van der Waals surface area contributed by atoms with E-state index in [1.165, 1.54) is 26.1 Å². The van der Waals surface area contributed by atoms with Gasteiger partial charge in [-0.05, 0) is 204 Å². The second kappa shape index (κ2) is 37.5. The monoisotopic (exact) mass is 1580 g/mol. The highest BCUT2D eigenvalue weighted by atomic mass is 35.5. The number of pyridine rings is 8. The Balaban J connectivity index is 0.000000166. The summed E-state index contributed by atoms with van der Waals surface area (Å²) < 4.78 is 76.4. The molecule has 0 aliphatic heterocycles. The Kier molecular flexibility index (Phi) is 28.2. The molecule has 4 aromatic carbocycles. The Hall–Kier alpha value is -11.0. The van der Waals surface area contributed by atoms with Crippen molar-refractivity contribution in [2.45, 2.75) is 39.5 Å². The first-order chi connectivity index (χ1) is 51.5. The summed E-state index contributed by atoms with van der Waals surface area (Å²) in [6.45, 7) is 6.42. The summed E-state index contributed by atoms with van der Waals surface area (Å²) in [7, 11) is 4.02. The summed E-state index contributed by atoms with van der Waals surface area (Å²) in [6, 6.07) is 49.4. The summed E-state index contributed by atoms with van der Waals surface area (Å²) in [4.78, 5) is 84.2. The molecule has 552 valence electrons. The maximum Gasteiger partial charge on any atom is 0.433 e. The Morgan fingerprint density at radius 2 is 0.806 bits per heavy atom. The molecule has 8 heterocycles. The van der Waals surface area contributed by atoms with E-state index >= 15 is 0 Å². The number of carbonyl (C=O) groups is 4. The molecule has 0 saturated carbocycles. The molecule has 0 fully saturated rings. The van der Waals surface area contributed by atoms with Crippen LogP contribution in [-0.2, 0) is 18.8 Å². The second-order valence-electron chi connectivity index (χ2n) is 23.5. The van der Waals surface area contributed by atoms with Crippen LogP contribution in [0.4, 0.5) is 54.9 Å². The van der Waals surface area contributed by atoms with Crippen molar-refractivity contribution in [3.8, 4) is 45.0 Å². The van der Waals surface area contributed by atoms with E-state index in [9.17, 15) is 45.5 Å². The van der Waals surface area contributed by atoms with Crippen LogP contribution in [0.3, 0.4) is 0 Å². The zero-order valence-electron chi connectivity index (χ0n) is 57.6. The molecular formula is C78H62Cl6F6N14O4. The van der Waals surface area contributed by atoms with Gasteiger partial charge in [0, 0.05) is 95.3 Å². The molecule has 0 aliphatic rings. The molecule has 12 aromatic rings. The van der Waals surface area contributed by atoms with Gasteiger partial charge in [-0.2, -0.15) is 26.3 Å². The minimum Gasteiger partial charge on any atom is -0.369 e. The molecule has 8 aromatic heterocycles. The zero-order valence-corrected chi connectivity index (χ0v) is 62.1. The number of aromatic nitrogens is 8. The van der Waals surface area contributed by atoms with Crippen LogP contribution in [0.1, 0.15) is 76.7 Å². The van der Waals surface area contributed by atoms with E-state index in [-0.39, 0.29) is 44.5 Å². The molecule has 0 bridgehead atoms. The van der Waals surface area contributed by atoms with E-state index in [0.29, 0.717) is 76.5 Å². The SMILES string of the molecule is CCc1ccnc(-c2cc(NC(=O)c3ccc(C(F)(F)F)nc3C)ccc2Cl)c1.CN(C)CCNc1ccc(C(=O)Nc2ccc(Cl)c(-c3ccccn3)c2)cn1.Cc1nc(C(F)(F)F)ccc1C(=O)Nc1ccc(Cl)c(-c2ccccn2)c1.O=C(Nc1ccc(Cl)c(-c2ccccn2)c1)c1cnc(Cl)c(Cl)c1. The van der Waals surface area contributed by atoms with Crippen LogP contribution in [0.25, 0.3) is 45.0 Å². The molecule has 0 aliphatic carbocycles. The van der Waals surface area contributed by atoms with Crippen molar-refractivity contribution in [1.82, 2.24) is 44.8 Å². The van der Waals surface area contributed by atoms with E-state index in [1.807, 2.05) is 75.6 Å². The van der Waals surface area contributed by atoms with Gasteiger partial charge in [-0.3, -0.25) is 39.1 Å². The fraction of sp³-hybridized carbons (Fsp3) is 0.128. The van der Waals surface area contributed by atoms with Crippen molar-refractivity contribution in [3.63, 3.8) is 0 Å². The van der Waals surface area contributed by atoms with Gasteiger partial charge >= 0.3 is 12.4 Å². The Labute approximate surface area is 646 Å². The minimum atomic E-state index is -4.56. The maximum atomic E-state index is 12.8. The fourth-order valence-corrected chi connectivity index (χ4v) is 11.0. The van der Waals surface area contributed by atoms with Crippen LogP contribution >= 0.6 is 69.6 Å². The average molecular weight is 1590 g/mol. The van der Waals surface area contributed by atoms with Crippen molar-refractivity contribution < 1.29 is 45.5 Å². The van der Waals surface area contributed by atoms with Gasteiger partial charge < -0.3 is 31.5 Å². The Morgan fingerprint density at radius 1 is 0.407 bits per heavy atom. The highest BCUT2D eigenvalue weighted by Gasteiger charge is 2.34. The third kappa shape index (κ3) is 22.8. The van der Waals surface area contributed by atoms with Crippen LogP contribution < -0.4 is 26.6 Å². The van der Waals surface area contributed by atoms with Crippen LogP contribution in [0, 0.1) is 13.8 Å². The maximum absolute atomic E-state index is 12.8. The normalized spacial score (nSPS) is 11.0. The van der Waals surface area contributed by atoms with Gasteiger partial charge in [-0.1, -0.05) is 94.7 Å². The molecule has 4 amide bonds. The molecule has 0 radical (unpaired) electrons. The minimum absolute atomic E-state index is 0.0103. The average Bonchev–Trinajstić information content (AvgIpc) is 0.842. The summed E-state index contributed by atoms with van der Waals surface area (Å²) in [5.41, 5.74) is 7.49. The molecule has 108 heavy (non-hydrogen) atoms. The topological polar surface area (TPSA) is 235 Å². The van der Waals surface area contributed by atoms with Gasteiger partial charge in [0.1, 0.15) is 22.4 Å². The number of amides is 4. The number of nitrogens with one attached hydrogen (secondary N) is 5. The van der Waals surface area contributed by atoms with Crippen LogP contribution in [-0.4, -0.2) is 95.6 Å². The zero-order chi connectivity index (χ0) is 77.8. The lowest BCUT2D eigenvalue weighted by atomic mass is 10.1. The largest absolute Gasteiger partial charge is 0.433 e. The summed E-state index contributed by atoms with van der Waals surface area (Å²) in [6.07, 6.45) is 1.32. The summed E-state index contributed by atoms with van der Waals surface area (Å²) in [5.74, 6) is -0.977. The van der Waals surface area contributed by atoms with E-state index in [0.717, 1.165) is 77.7 Å². The number of alkyl halides is 6. The lowest BCUT2D eigenvalue weighted by molar-refractivity contribution is -0.142. The number of likely N-dealkylation sites (N-methyl/N-ethyl adjacent to an activating group) is 1. The van der Waals surface area contributed by atoms with E-state index in [2.05, 4.69) is 71.4 Å². The van der Waals surface area contributed by atoms with Gasteiger partial charge in [0.2, 0.25) is 0 Å². The van der Waals surface area contributed by atoms with E-state index < -0.39 is 35.6 Å². The van der Waals surface area contributed by atoms with Crippen LogP contribution in [0.2, 0.25) is 30.3 Å². The van der Waals surface area contributed by atoms with Crippen molar-refractivity contribution >= 4 is 122 Å². The molecule has 30 heteroatoms. The third-order valence-corrected chi connectivity index (χ3v) is 17.4. The van der Waals surface area contributed by atoms with Gasteiger partial charge in [0.15, 0.2) is 0 Å². The molecule has 0 unspecified atom stereocenters. The third-order valence-electron chi connectivity index (χ3n) is 15.4. The van der Waals surface area contributed by atoms with Gasteiger partial charge in [0.05, 0.1) is 81.5 Å². The highest BCUT2D eigenvalue weighted by Crippen LogP contribution is 2.36. The van der Waals surface area contributed by atoms with Crippen molar-refractivity contribution in [2.75, 3.05) is 53.8 Å². The number of nitrogens with zero attached hydrogens (tertiary/aromatic N) is 9. The number of anilines is 5. The molecule has 18 nitrogen and oxygen atoms in total.